The Balaban J connectivity index is 1.64. The van der Waals surface area contributed by atoms with Crippen LogP contribution < -0.4 is 21.3 Å². The largest absolute Gasteiger partial charge is 0.371 e. The van der Waals surface area contributed by atoms with Crippen molar-refractivity contribution < 1.29 is 9.72 Å². The van der Waals surface area contributed by atoms with Gasteiger partial charge in [0.2, 0.25) is 5.95 Å². The summed E-state index contributed by atoms with van der Waals surface area (Å²) in [4.78, 5) is 43.3. The van der Waals surface area contributed by atoms with Crippen LogP contribution in [-0.4, -0.2) is 33.5 Å². The van der Waals surface area contributed by atoms with Gasteiger partial charge in [-0.15, -0.1) is 0 Å². The Labute approximate surface area is 190 Å². The lowest BCUT2D eigenvalue weighted by Gasteiger charge is -2.33. The van der Waals surface area contributed by atoms with Crippen molar-refractivity contribution in [2.45, 2.75) is 33.2 Å². The molecule has 2 N–H and O–H groups in total. The Morgan fingerprint density at radius 3 is 2.64 bits per heavy atom. The van der Waals surface area contributed by atoms with E-state index in [1.807, 2.05) is 0 Å². The van der Waals surface area contributed by atoms with Crippen molar-refractivity contribution in [2.75, 3.05) is 23.4 Å². The van der Waals surface area contributed by atoms with Crippen molar-refractivity contribution in [1.29, 1.82) is 0 Å². The zero-order chi connectivity index (χ0) is 23.5. The third-order valence-corrected chi connectivity index (χ3v) is 6.03. The first-order valence-electron chi connectivity index (χ1n) is 11.0. The van der Waals surface area contributed by atoms with Crippen molar-refractivity contribution in [1.82, 2.24) is 15.0 Å². The lowest BCUT2D eigenvalue weighted by atomic mass is 9.98. The summed E-state index contributed by atoms with van der Waals surface area (Å²) in [6.45, 7) is 5.89. The molecule has 3 aromatic rings. The Morgan fingerprint density at radius 2 is 1.94 bits per heavy atom. The number of piperidine rings is 1. The predicted molar refractivity (Wildman–Crippen MR) is 126 cm³/mol. The number of rotatable bonds is 6. The van der Waals surface area contributed by atoms with Crippen molar-refractivity contribution in [3.63, 3.8) is 0 Å². The van der Waals surface area contributed by atoms with E-state index in [-0.39, 0.29) is 22.8 Å². The monoisotopic (exact) mass is 450 g/mol. The summed E-state index contributed by atoms with van der Waals surface area (Å²) in [5.74, 6) is 0.244. The van der Waals surface area contributed by atoms with E-state index < -0.39 is 10.8 Å². The van der Waals surface area contributed by atoms with Crippen molar-refractivity contribution in [3.05, 3.63) is 68.5 Å². The molecule has 4 rings (SSSR count). The van der Waals surface area contributed by atoms with Gasteiger partial charge in [0.25, 0.3) is 17.2 Å². The third kappa shape index (κ3) is 4.50. The van der Waals surface area contributed by atoms with E-state index in [1.165, 1.54) is 16.7 Å². The fourth-order valence-electron chi connectivity index (χ4n) is 4.08. The van der Waals surface area contributed by atoms with Crippen LogP contribution in [0.3, 0.4) is 0 Å². The maximum Gasteiger partial charge on any atom is 0.272 e. The van der Waals surface area contributed by atoms with E-state index in [4.69, 9.17) is 0 Å². The molecule has 0 unspecified atom stereocenters. The topological polar surface area (TPSA) is 122 Å². The molecular formula is C23H26N6O4. The van der Waals surface area contributed by atoms with Gasteiger partial charge in [-0.25, -0.2) is 4.98 Å². The number of hydrogen-bond acceptors (Lipinski definition) is 7. The van der Waals surface area contributed by atoms with E-state index in [2.05, 4.69) is 27.7 Å². The first kappa shape index (κ1) is 22.3. The summed E-state index contributed by atoms with van der Waals surface area (Å²) in [5.41, 5.74) is 6.27. The van der Waals surface area contributed by atoms with Crippen LogP contribution >= 0.6 is 0 Å². The van der Waals surface area contributed by atoms with Gasteiger partial charge in [0.05, 0.1) is 27.1 Å². The number of hydrogen-bond donors (Lipinski definition) is 2. The molecular weight excluding hydrogens is 424 g/mol. The molecule has 2 aromatic carbocycles. The fraction of sp³-hybridized carbons (Fsp3) is 0.348. The van der Waals surface area contributed by atoms with Crippen LogP contribution in [0.1, 0.15) is 37.0 Å². The number of para-hydroxylation sites is 1. The van der Waals surface area contributed by atoms with Crippen molar-refractivity contribution in [2.24, 2.45) is 5.92 Å². The number of anilines is 2. The standard InChI is InChI=1S/C23H26N6O4/c1-3-28-22(31)17-6-4-5-7-19(17)24-23(28)26-25-21(30)18-14-16(29(32)33)8-9-20(18)27-12-10-15(2)11-13-27/h4-9,14-15H,3,10-13H2,1-2H3,(H,24,26)(H,25,30). The normalized spacial score (nSPS) is 14.3. The maximum absolute atomic E-state index is 13.1. The van der Waals surface area contributed by atoms with Crippen molar-refractivity contribution >= 4 is 34.1 Å². The van der Waals surface area contributed by atoms with E-state index in [0.717, 1.165) is 25.9 Å². The highest BCUT2D eigenvalue weighted by Crippen LogP contribution is 2.29. The minimum absolute atomic E-state index is 0.163. The molecule has 0 atom stereocenters. The number of nitrogens with zero attached hydrogens (tertiary/aromatic N) is 4. The molecule has 1 saturated heterocycles. The van der Waals surface area contributed by atoms with Crippen LogP contribution in [0.4, 0.5) is 17.3 Å². The summed E-state index contributed by atoms with van der Waals surface area (Å²) in [5, 5.41) is 11.8. The lowest BCUT2D eigenvalue weighted by Crippen LogP contribution is -2.37. The smallest absolute Gasteiger partial charge is 0.272 e. The number of carbonyl (C=O) groups is 1. The van der Waals surface area contributed by atoms with Crippen LogP contribution in [0.15, 0.2) is 47.3 Å². The quantitative estimate of drug-likeness (QED) is 0.436. The molecule has 0 bridgehead atoms. The highest BCUT2D eigenvalue weighted by molar-refractivity contribution is 6.01. The number of carbonyl (C=O) groups excluding carboxylic acids is 1. The molecule has 10 nitrogen and oxygen atoms in total. The number of amides is 1. The molecule has 1 aliphatic rings. The second-order valence-electron chi connectivity index (χ2n) is 8.21. The molecule has 1 amide bonds. The van der Waals surface area contributed by atoms with Gasteiger partial charge in [-0.05, 0) is 43.9 Å². The summed E-state index contributed by atoms with van der Waals surface area (Å²) in [6.07, 6.45) is 1.97. The Bertz CT molecular complexity index is 1260. The number of fused-ring (bicyclic) bond motifs is 1. The molecule has 0 aliphatic carbocycles. The minimum Gasteiger partial charge on any atom is -0.371 e. The van der Waals surface area contributed by atoms with Crippen LogP contribution in [0, 0.1) is 16.0 Å². The van der Waals surface area contributed by atoms with E-state index >= 15 is 0 Å². The Hall–Kier alpha value is -3.95. The number of hydrazine groups is 1. The molecule has 172 valence electrons. The molecule has 10 heteroatoms. The van der Waals surface area contributed by atoms with Crippen LogP contribution in [-0.2, 0) is 6.54 Å². The number of non-ortho nitro benzene ring substituents is 1. The predicted octanol–water partition coefficient (Wildman–Crippen LogP) is 3.32. The van der Waals surface area contributed by atoms with E-state index in [0.29, 0.717) is 29.1 Å². The first-order valence-corrected chi connectivity index (χ1v) is 11.0. The van der Waals surface area contributed by atoms with Gasteiger partial charge in [-0.2, -0.15) is 0 Å². The molecule has 0 saturated carbocycles. The zero-order valence-electron chi connectivity index (χ0n) is 18.6. The Kier molecular flexibility index (Phi) is 6.25. The zero-order valence-corrected chi connectivity index (χ0v) is 18.6. The summed E-state index contributed by atoms with van der Waals surface area (Å²) < 4.78 is 1.42. The summed E-state index contributed by atoms with van der Waals surface area (Å²) in [6, 6.07) is 11.3. The van der Waals surface area contributed by atoms with Crippen LogP contribution in [0.5, 0.6) is 0 Å². The second kappa shape index (κ2) is 9.27. The SMILES string of the molecule is CCn1c(NNC(=O)c2cc([N+](=O)[O-])ccc2N2CCC(C)CC2)nc2ccccc2c1=O. The van der Waals surface area contributed by atoms with Gasteiger partial charge in [-0.3, -0.25) is 35.1 Å². The van der Waals surface area contributed by atoms with Gasteiger partial charge in [-0.1, -0.05) is 19.1 Å². The number of nitro benzene ring substituents is 1. The summed E-state index contributed by atoms with van der Waals surface area (Å²) in [7, 11) is 0. The highest BCUT2D eigenvalue weighted by Gasteiger charge is 2.24. The first-order chi connectivity index (χ1) is 15.9. The lowest BCUT2D eigenvalue weighted by molar-refractivity contribution is -0.384. The van der Waals surface area contributed by atoms with Gasteiger partial charge in [0.1, 0.15) is 0 Å². The molecule has 0 radical (unpaired) electrons. The molecule has 1 fully saturated rings. The average Bonchev–Trinajstić information content (AvgIpc) is 2.82. The van der Waals surface area contributed by atoms with Crippen LogP contribution in [0.2, 0.25) is 0 Å². The Morgan fingerprint density at radius 1 is 1.21 bits per heavy atom. The molecule has 1 aliphatic heterocycles. The fourth-order valence-corrected chi connectivity index (χ4v) is 4.08. The highest BCUT2D eigenvalue weighted by atomic mass is 16.6. The molecule has 1 aromatic heterocycles. The van der Waals surface area contributed by atoms with Gasteiger partial charge >= 0.3 is 0 Å². The minimum atomic E-state index is -0.544. The average molecular weight is 450 g/mol. The van der Waals surface area contributed by atoms with Gasteiger partial charge < -0.3 is 4.90 Å². The number of aromatic nitrogens is 2. The summed E-state index contributed by atoms with van der Waals surface area (Å²) >= 11 is 0. The number of benzene rings is 2. The molecule has 0 spiro atoms. The molecule has 33 heavy (non-hydrogen) atoms. The van der Waals surface area contributed by atoms with Gasteiger partial charge in [0.15, 0.2) is 0 Å². The van der Waals surface area contributed by atoms with E-state index in [1.54, 1.807) is 37.3 Å². The number of nitrogens with one attached hydrogen (secondary N) is 2. The van der Waals surface area contributed by atoms with Gasteiger partial charge in [0, 0.05) is 31.8 Å². The van der Waals surface area contributed by atoms with Crippen molar-refractivity contribution in [3.8, 4) is 0 Å². The molecule has 2 heterocycles. The third-order valence-electron chi connectivity index (χ3n) is 6.03. The maximum atomic E-state index is 13.1. The number of nitro groups is 1. The van der Waals surface area contributed by atoms with Crippen LogP contribution in [0.25, 0.3) is 10.9 Å². The second-order valence-corrected chi connectivity index (χ2v) is 8.21. The van der Waals surface area contributed by atoms with E-state index in [9.17, 15) is 19.7 Å².